The average Bonchev–Trinajstić information content (AvgIpc) is 2.46. The molecule has 2 heteroatoms. The molecule has 19 heavy (non-hydrogen) atoms. The molecule has 2 atom stereocenters. The highest BCUT2D eigenvalue weighted by Gasteiger charge is 2.53. The predicted molar refractivity (Wildman–Crippen MR) is 75.8 cm³/mol. The van der Waals surface area contributed by atoms with Gasteiger partial charge in [0.2, 0.25) is 0 Å². The van der Waals surface area contributed by atoms with Crippen LogP contribution in [0, 0.1) is 11.3 Å². The molecule has 3 aliphatic rings. The molecule has 2 nitrogen and oxygen atoms in total. The molecule has 0 unspecified atom stereocenters. The van der Waals surface area contributed by atoms with Crippen LogP contribution in [-0.2, 0) is 6.42 Å². The van der Waals surface area contributed by atoms with Gasteiger partial charge in [-0.1, -0.05) is 26.0 Å². The molecule has 1 saturated carbocycles. The summed E-state index contributed by atoms with van der Waals surface area (Å²) in [5.41, 5.74) is 5.21. The minimum atomic E-state index is 0.433. The lowest BCUT2D eigenvalue weighted by atomic mass is 9.48. The van der Waals surface area contributed by atoms with Crippen LogP contribution in [0.15, 0.2) is 36.5 Å². The zero-order valence-corrected chi connectivity index (χ0v) is 11.4. The van der Waals surface area contributed by atoms with Crippen LogP contribution in [0.25, 0.3) is 11.4 Å². The molecule has 3 aliphatic carbocycles. The van der Waals surface area contributed by atoms with E-state index in [1.165, 1.54) is 24.1 Å². The van der Waals surface area contributed by atoms with Crippen molar-refractivity contribution in [2.45, 2.75) is 32.6 Å². The zero-order chi connectivity index (χ0) is 13.0. The fourth-order valence-electron chi connectivity index (χ4n) is 3.73. The molecule has 0 N–H and O–H groups in total. The highest BCUT2D eigenvalue weighted by Crippen LogP contribution is 2.61. The van der Waals surface area contributed by atoms with E-state index >= 15 is 0 Å². The second-order valence-corrected chi connectivity index (χ2v) is 6.47. The number of pyridine rings is 2. The summed E-state index contributed by atoms with van der Waals surface area (Å²) in [6.45, 7) is 4.79. The van der Waals surface area contributed by atoms with Crippen LogP contribution in [0.5, 0.6) is 0 Å². The van der Waals surface area contributed by atoms with Gasteiger partial charge in [0.25, 0.3) is 0 Å². The first-order valence-corrected chi connectivity index (χ1v) is 7.07. The number of hydrogen-bond donors (Lipinski definition) is 0. The quantitative estimate of drug-likeness (QED) is 0.768. The zero-order valence-electron chi connectivity index (χ0n) is 11.4. The minimum absolute atomic E-state index is 0.433. The maximum Gasteiger partial charge on any atom is 0.0889 e. The Kier molecular flexibility index (Phi) is 2.15. The van der Waals surface area contributed by atoms with Gasteiger partial charge in [-0.05, 0) is 47.9 Å². The van der Waals surface area contributed by atoms with E-state index in [2.05, 4.69) is 31.0 Å². The van der Waals surface area contributed by atoms with Crippen molar-refractivity contribution in [2.24, 2.45) is 11.3 Å². The van der Waals surface area contributed by atoms with Gasteiger partial charge in [-0.3, -0.25) is 9.97 Å². The van der Waals surface area contributed by atoms with E-state index in [4.69, 9.17) is 4.98 Å². The number of rotatable bonds is 1. The Hall–Kier alpha value is -1.70. The highest BCUT2D eigenvalue weighted by atomic mass is 14.8. The molecule has 5 rings (SSSR count). The third-order valence-electron chi connectivity index (χ3n) is 5.21. The molecule has 96 valence electrons. The van der Waals surface area contributed by atoms with Crippen LogP contribution >= 0.6 is 0 Å². The first-order chi connectivity index (χ1) is 9.16. The van der Waals surface area contributed by atoms with Crippen molar-refractivity contribution in [3.63, 3.8) is 0 Å². The predicted octanol–water partition coefficient (Wildman–Crippen LogP) is 3.83. The van der Waals surface area contributed by atoms with Gasteiger partial charge in [0.1, 0.15) is 0 Å². The fraction of sp³-hybridized carbons (Fsp3) is 0.412. The van der Waals surface area contributed by atoms with E-state index in [1.54, 1.807) is 0 Å². The van der Waals surface area contributed by atoms with Gasteiger partial charge in [0.15, 0.2) is 0 Å². The third-order valence-corrected chi connectivity index (χ3v) is 5.21. The molecular formula is C17H18N2. The normalized spacial score (nSPS) is 26.4. The maximum atomic E-state index is 4.94. The molecular weight excluding hydrogens is 232 g/mol. The molecule has 2 aromatic rings. The summed E-state index contributed by atoms with van der Waals surface area (Å²) in [5.74, 6) is 1.50. The third kappa shape index (κ3) is 1.49. The largest absolute Gasteiger partial charge is 0.255 e. The van der Waals surface area contributed by atoms with E-state index in [0.717, 1.165) is 17.3 Å². The van der Waals surface area contributed by atoms with Crippen molar-refractivity contribution in [1.82, 2.24) is 9.97 Å². The minimum Gasteiger partial charge on any atom is -0.255 e. The lowest BCUT2D eigenvalue weighted by Crippen LogP contribution is -2.48. The second-order valence-electron chi connectivity index (χ2n) is 6.47. The van der Waals surface area contributed by atoms with Crippen molar-refractivity contribution < 1.29 is 0 Å². The van der Waals surface area contributed by atoms with Gasteiger partial charge >= 0.3 is 0 Å². The number of hydrogen-bond acceptors (Lipinski definition) is 2. The second kappa shape index (κ2) is 3.66. The molecule has 0 saturated heterocycles. The van der Waals surface area contributed by atoms with Crippen LogP contribution in [-0.4, -0.2) is 9.97 Å². The Morgan fingerprint density at radius 2 is 2.00 bits per heavy atom. The van der Waals surface area contributed by atoms with Gasteiger partial charge in [-0.25, -0.2) is 0 Å². The average molecular weight is 250 g/mol. The van der Waals surface area contributed by atoms with Crippen LogP contribution in [0.1, 0.15) is 37.4 Å². The molecule has 0 aromatic carbocycles. The first-order valence-electron chi connectivity index (χ1n) is 7.07. The first kappa shape index (κ1) is 11.2. The standard InChI is InChI=1S/C17H18N2/c1-17(2)12-9-11-6-7-15(14-5-3-4-8-18-14)19-16(11)13(17)10-12/h3-8,12-13H,9-10H2,1-2H3/t12-,13+/m1/s1. The van der Waals surface area contributed by atoms with Gasteiger partial charge < -0.3 is 0 Å². The summed E-state index contributed by atoms with van der Waals surface area (Å²) in [6.07, 6.45) is 4.35. The van der Waals surface area contributed by atoms with Crippen molar-refractivity contribution in [2.75, 3.05) is 0 Å². The van der Waals surface area contributed by atoms with Gasteiger partial charge in [0.05, 0.1) is 11.4 Å². The van der Waals surface area contributed by atoms with Crippen molar-refractivity contribution >= 4 is 0 Å². The Balaban J connectivity index is 1.81. The molecule has 0 radical (unpaired) electrons. The van der Waals surface area contributed by atoms with Gasteiger partial charge in [0, 0.05) is 17.8 Å². The molecule has 2 bridgehead atoms. The van der Waals surface area contributed by atoms with Crippen LogP contribution in [0.4, 0.5) is 0 Å². The Bertz CT molecular complexity index is 631. The molecule has 0 amide bonds. The topological polar surface area (TPSA) is 25.8 Å². The van der Waals surface area contributed by atoms with E-state index in [0.29, 0.717) is 11.3 Å². The molecule has 2 aromatic heterocycles. The molecule has 0 spiro atoms. The Morgan fingerprint density at radius 1 is 1.11 bits per heavy atom. The summed E-state index contributed by atoms with van der Waals surface area (Å²) in [5, 5.41) is 0. The smallest absolute Gasteiger partial charge is 0.0889 e. The number of nitrogens with zero attached hydrogens (tertiary/aromatic N) is 2. The summed E-state index contributed by atoms with van der Waals surface area (Å²) in [6, 6.07) is 10.4. The highest BCUT2D eigenvalue weighted by molar-refractivity contribution is 5.55. The van der Waals surface area contributed by atoms with Crippen LogP contribution < -0.4 is 0 Å². The summed E-state index contributed by atoms with van der Waals surface area (Å²) in [4.78, 5) is 9.35. The van der Waals surface area contributed by atoms with Crippen molar-refractivity contribution in [3.05, 3.63) is 47.8 Å². The summed E-state index contributed by atoms with van der Waals surface area (Å²) < 4.78 is 0. The summed E-state index contributed by atoms with van der Waals surface area (Å²) >= 11 is 0. The van der Waals surface area contributed by atoms with E-state index < -0.39 is 0 Å². The lowest BCUT2D eigenvalue weighted by molar-refractivity contribution is 0.0156. The number of aromatic nitrogens is 2. The maximum absolute atomic E-state index is 4.94. The van der Waals surface area contributed by atoms with E-state index in [9.17, 15) is 0 Å². The lowest BCUT2D eigenvalue weighted by Gasteiger charge is -2.56. The van der Waals surface area contributed by atoms with Crippen LogP contribution in [0.3, 0.4) is 0 Å². The molecule has 2 heterocycles. The van der Waals surface area contributed by atoms with Gasteiger partial charge in [-0.2, -0.15) is 0 Å². The Labute approximate surface area is 113 Å². The monoisotopic (exact) mass is 250 g/mol. The summed E-state index contributed by atoms with van der Waals surface area (Å²) in [7, 11) is 0. The van der Waals surface area contributed by atoms with Crippen molar-refractivity contribution in [1.29, 1.82) is 0 Å². The van der Waals surface area contributed by atoms with Crippen molar-refractivity contribution in [3.8, 4) is 11.4 Å². The van der Waals surface area contributed by atoms with E-state index in [-0.39, 0.29) is 0 Å². The van der Waals surface area contributed by atoms with Gasteiger partial charge in [-0.15, -0.1) is 0 Å². The molecule has 1 fully saturated rings. The van der Waals surface area contributed by atoms with E-state index in [1.807, 2.05) is 24.4 Å². The molecule has 0 aliphatic heterocycles. The fourth-order valence-corrected chi connectivity index (χ4v) is 3.73. The SMILES string of the molecule is CC1(C)[C@@H]2Cc3ccc(-c4ccccn4)nc3[C@@H]1C2. The Morgan fingerprint density at radius 3 is 2.74 bits per heavy atom. The van der Waals surface area contributed by atoms with Crippen LogP contribution in [0.2, 0.25) is 0 Å².